The maximum Gasteiger partial charge on any atom is 0.0543 e. The fraction of sp³-hybridized carbons (Fsp3) is 0.135. The molecule has 2 aliphatic carbocycles. The van der Waals surface area contributed by atoms with Gasteiger partial charge in [0.05, 0.1) is 11.4 Å². The highest BCUT2D eigenvalue weighted by molar-refractivity contribution is 6.14. The van der Waals surface area contributed by atoms with E-state index in [0.717, 1.165) is 22.7 Å². The normalized spacial score (nSPS) is 16.7. The van der Waals surface area contributed by atoms with Crippen LogP contribution in [0.4, 0.5) is 34.1 Å². The summed E-state index contributed by atoms with van der Waals surface area (Å²) in [6, 6.07) is 96.1. The lowest BCUT2D eigenvalue weighted by molar-refractivity contribution is 0.0595. The minimum atomic E-state index is -0.670. The number of para-hydroxylation sites is 2. The lowest BCUT2D eigenvalue weighted by Gasteiger charge is -2.62. The quantitative estimate of drug-likeness (QED) is 0.157. The monoisotopic (exact) mass is 976 g/mol. The molecule has 0 amide bonds. The number of rotatable bonds is 7. The van der Waals surface area contributed by atoms with Crippen LogP contribution >= 0.6 is 0 Å². The molecule has 0 fully saturated rings. The van der Waals surface area contributed by atoms with Crippen LogP contribution in [0.5, 0.6) is 0 Å². The Morgan fingerprint density at radius 3 is 0.987 bits per heavy atom. The second-order valence-corrected chi connectivity index (χ2v) is 23.2. The van der Waals surface area contributed by atoms with Crippen molar-refractivity contribution in [1.82, 2.24) is 0 Å². The number of fused-ring (bicyclic) bond motifs is 12. The van der Waals surface area contributed by atoms with Crippen LogP contribution in [0.25, 0.3) is 65.3 Å². The Bertz CT molecular complexity index is 3990. The highest BCUT2D eigenvalue weighted by Crippen LogP contribution is 2.76. The summed E-state index contributed by atoms with van der Waals surface area (Å²) in [5, 5.41) is 9.84. The molecule has 12 aromatic rings. The first-order valence-corrected chi connectivity index (χ1v) is 27.0. The first-order valence-electron chi connectivity index (χ1n) is 27.0. The first-order chi connectivity index (χ1) is 37.0. The summed E-state index contributed by atoms with van der Waals surface area (Å²) in [6.07, 6.45) is 0. The molecule has 76 heavy (non-hydrogen) atoms. The number of benzene rings is 12. The maximum absolute atomic E-state index is 2.65. The molecule has 2 unspecified atom stereocenters. The molecule has 0 N–H and O–H groups in total. The van der Waals surface area contributed by atoms with Crippen molar-refractivity contribution in [2.24, 2.45) is 10.8 Å². The van der Waals surface area contributed by atoms with Gasteiger partial charge in [0.15, 0.2) is 0 Å². The molecule has 0 saturated carbocycles. The topological polar surface area (TPSA) is 6.48 Å². The van der Waals surface area contributed by atoms with Gasteiger partial charge < -0.3 is 9.80 Å². The van der Waals surface area contributed by atoms with Gasteiger partial charge in [-0.1, -0.05) is 236 Å². The second-order valence-electron chi connectivity index (χ2n) is 23.2. The van der Waals surface area contributed by atoms with E-state index >= 15 is 0 Å². The molecule has 2 atom stereocenters. The molecule has 14 rings (SSSR count). The largest absolute Gasteiger partial charge is 0.310 e. The van der Waals surface area contributed by atoms with Crippen LogP contribution in [0.3, 0.4) is 0 Å². The van der Waals surface area contributed by atoms with Crippen molar-refractivity contribution in [2.75, 3.05) is 9.80 Å². The Kier molecular flexibility index (Phi) is 10.2. The summed E-state index contributed by atoms with van der Waals surface area (Å²) in [4.78, 5) is 5.05. The molecule has 2 nitrogen and oxygen atoms in total. The SMILES string of the molecule is CC(C)(C)C1(C2(C(C)(C)C)c3ccccc3-c3c2cc(N(c2ccccc2)c2ccc4ccccc4c2)c2ccccc32)c2ccccc2-c2c1cc(N(c1ccccc1)c1ccc3ccccc3c1)c1ccccc21. The summed E-state index contributed by atoms with van der Waals surface area (Å²) < 4.78 is 0. The van der Waals surface area contributed by atoms with Crippen LogP contribution in [0, 0.1) is 10.8 Å². The molecule has 0 radical (unpaired) electrons. The zero-order valence-corrected chi connectivity index (χ0v) is 44.1. The van der Waals surface area contributed by atoms with Gasteiger partial charge in [-0.05, 0) is 148 Å². The summed E-state index contributed by atoms with van der Waals surface area (Å²) >= 11 is 0. The molecule has 2 heteroatoms. The van der Waals surface area contributed by atoms with E-state index in [1.54, 1.807) is 0 Å². The number of nitrogens with zero attached hydrogens (tertiary/aromatic N) is 2. The van der Waals surface area contributed by atoms with E-state index in [1.807, 2.05) is 0 Å². The summed E-state index contributed by atoms with van der Waals surface area (Å²) in [5.74, 6) is 0. The van der Waals surface area contributed by atoms with Crippen molar-refractivity contribution < 1.29 is 0 Å². The third-order valence-corrected chi connectivity index (χ3v) is 17.4. The first kappa shape index (κ1) is 45.9. The van der Waals surface area contributed by atoms with E-state index in [1.165, 1.54) is 99.0 Å². The van der Waals surface area contributed by atoms with E-state index in [0.29, 0.717) is 0 Å². The van der Waals surface area contributed by atoms with Crippen molar-refractivity contribution in [2.45, 2.75) is 52.4 Å². The zero-order chi connectivity index (χ0) is 51.6. The Labute approximate surface area is 447 Å². The van der Waals surface area contributed by atoms with Crippen molar-refractivity contribution >= 4 is 77.2 Å². The Balaban J connectivity index is 1.16. The van der Waals surface area contributed by atoms with Gasteiger partial charge in [-0.25, -0.2) is 0 Å². The highest BCUT2D eigenvalue weighted by Gasteiger charge is 2.71. The van der Waals surface area contributed by atoms with Crippen LogP contribution in [0.2, 0.25) is 0 Å². The fourth-order valence-corrected chi connectivity index (χ4v) is 14.8. The van der Waals surface area contributed by atoms with Gasteiger partial charge in [-0.2, -0.15) is 0 Å². The van der Waals surface area contributed by atoms with E-state index < -0.39 is 10.8 Å². The number of anilines is 6. The average molecular weight is 977 g/mol. The minimum absolute atomic E-state index is 0.389. The van der Waals surface area contributed by atoms with E-state index in [-0.39, 0.29) is 10.8 Å². The molecule has 0 bridgehead atoms. The van der Waals surface area contributed by atoms with Gasteiger partial charge in [0, 0.05) is 44.4 Å². The molecule has 0 saturated heterocycles. The lowest BCUT2D eigenvalue weighted by Crippen LogP contribution is -2.62. The van der Waals surface area contributed by atoms with Crippen LogP contribution in [-0.4, -0.2) is 0 Å². The Morgan fingerprint density at radius 2 is 0.592 bits per heavy atom. The zero-order valence-electron chi connectivity index (χ0n) is 44.1. The fourth-order valence-electron chi connectivity index (χ4n) is 14.8. The van der Waals surface area contributed by atoms with Crippen molar-refractivity contribution in [3.05, 3.63) is 277 Å². The van der Waals surface area contributed by atoms with Gasteiger partial charge in [0.1, 0.15) is 0 Å². The van der Waals surface area contributed by atoms with Crippen molar-refractivity contribution in [3.8, 4) is 22.3 Å². The van der Waals surface area contributed by atoms with Crippen LogP contribution in [0.15, 0.2) is 255 Å². The van der Waals surface area contributed by atoms with E-state index in [4.69, 9.17) is 0 Å². The van der Waals surface area contributed by atoms with Gasteiger partial charge in [0.2, 0.25) is 0 Å². The van der Waals surface area contributed by atoms with Gasteiger partial charge in [-0.3, -0.25) is 0 Å². The summed E-state index contributed by atoms with van der Waals surface area (Å²) in [6.45, 7) is 15.2. The molecule has 366 valence electrons. The summed E-state index contributed by atoms with van der Waals surface area (Å²) in [7, 11) is 0. The van der Waals surface area contributed by atoms with E-state index in [9.17, 15) is 0 Å². The van der Waals surface area contributed by atoms with Gasteiger partial charge >= 0.3 is 0 Å². The van der Waals surface area contributed by atoms with Crippen molar-refractivity contribution in [1.29, 1.82) is 0 Å². The maximum atomic E-state index is 2.65. The molecule has 2 aliphatic rings. The predicted molar refractivity (Wildman–Crippen MR) is 324 cm³/mol. The minimum Gasteiger partial charge on any atom is -0.310 e. The predicted octanol–water partition coefficient (Wildman–Crippen LogP) is 20.6. The van der Waals surface area contributed by atoms with Crippen LogP contribution in [-0.2, 0) is 10.8 Å². The van der Waals surface area contributed by atoms with E-state index in [2.05, 4.69) is 306 Å². The molecular formula is C74H60N2. The standard InChI is InChI=1S/C74H60N2/c1-71(2,3)73(63-39-23-21-37-61(63)69-59-35-19-17-33-57(59)67(47-65(69)73)75(53-29-9-7-10-30-53)55-43-41-49-25-13-15-27-51(49)45-55)74(72(4,5)6)64-40-24-22-38-62(64)70-60-36-20-18-34-58(60)68(48-66(70)74)76(54-31-11-8-12-32-54)56-44-42-50-26-14-16-28-52(50)46-56/h7-48H,1-6H3. The molecule has 0 heterocycles. The highest BCUT2D eigenvalue weighted by atomic mass is 15.2. The molecule has 0 aromatic heterocycles. The lowest BCUT2D eigenvalue weighted by atomic mass is 9.39. The van der Waals surface area contributed by atoms with Gasteiger partial charge in [-0.15, -0.1) is 0 Å². The van der Waals surface area contributed by atoms with Gasteiger partial charge in [0.25, 0.3) is 0 Å². The molecule has 12 aromatic carbocycles. The summed E-state index contributed by atoms with van der Waals surface area (Å²) in [5.41, 5.74) is 15.4. The average Bonchev–Trinajstić information content (AvgIpc) is 4.15. The molecule has 0 spiro atoms. The third-order valence-electron chi connectivity index (χ3n) is 17.4. The van der Waals surface area contributed by atoms with Crippen LogP contribution < -0.4 is 9.80 Å². The number of hydrogen-bond donors (Lipinski definition) is 0. The van der Waals surface area contributed by atoms with Crippen molar-refractivity contribution in [3.63, 3.8) is 0 Å². The Hall–Kier alpha value is -8.72. The smallest absolute Gasteiger partial charge is 0.0543 e. The third kappa shape index (κ3) is 6.34. The molecular weight excluding hydrogens is 917 g/mol. The Morgan fingerprint density at radius 1 is 0.263 bits per heavy atom. The van der Waals surface area contributed by atoms with Crippen LogP contribution in [0.1, 0.15) is 63.8 Å². The number of hydrogen-bond acceptors (Lipinski definition) is 2. The second kappa shape index (κ2) is 16.9. The molecule has 0 aliphatic heterocycles.